The number of nitrogens with one attached hydrogen (secondary N) is 2. The molecule has 0 aliphatic carbocycles. The first-order valence-electron chi connectivity index (χ1n) is 8.65. The minimum atomic E-state index is -0.272. The van der Waals surface area contributed by atoms with E-state index in [2.05, 4.69) is 25.3 Å². The van der Waals surface area contributed by atoms with Crippen molar-refractivity contribution in [2.75, 3.05) is 11.9 Å². The number of aromatic nitrogens is 4. The van der Waals surface area contributed by atoms with Crippen molar-refractivity contribution >= 4 is 11.7 Å². The first kappa shape index (κ1) is 16.7. The fraction of sp³-hybridized carbons (Fsp3) is 0.588. The van der Waals surface area contributed by atoms with Crippen LogP contribution in [0.4, 0.5) is 5.82 Å². The van der Waals surface area contributed by atoms with Crippen LogP contribution < -0.4 is 10.6 Å². The predicted octanol–water partition coefficient (Wildman–Crippen LogP) is 2.15. The number of aryl methyl sites for hydroxylation is 1. The first-order chi connectivity index (χ1) is 11.6. The van der Waals surface area contributed by atoms with Crippen molar-refractivity contribution in [2.45, 2.75) is 58.2 Å². The fourth-order valence-corrected chi connectivity index (χ4v) is 3.17. The Labute approximate surface area is 142 Å². The zero-order valence-corrected chi connectivity index (χ0v) is 14.6. The summed E-state index contributed by atoms with van der Waals surface area (Å²) < 4.78 is 4.02. The van der Waals surface area contributed by atoms with Gasteiger partial charge in [-0.1, -0.05) is 0 Å². The molecule has 0 aromatic carbocycles. The van der Waals surface area contributed by atoms with Crippen molar-refractivity contribution in [1.82, 2.24) is 24.6 Å². The minimum Gasteiger partial charge on any atom is -0.335 e. The lowest BCUT2D eigenvalue weighted by Gasteiger charge is -2.25. The van der Waals surface area contributed by atoms with E-state index in [4.69, 9.17) is 0 Å². The molecule has 0 fully saturated rings. The second kappa shape index (κ2) is 7.17. The number of rotatable bonds is 6. The van der Waals surface area contributed by atoms with Gasteiger partial charge in [0.05, 0.1) is 12.2 Å². The fourth-order valence-electron chi connectivity index (χ4n) is 3.17. The van der Waals surface area contributed by atoms with Crippen molar-refractivity contribution in [3.63, 3.8) is 0 Å². The summed E-state index contributed by atoms with van der Waals surface area (Å²) in [5.41, 5.74) is 0. The zero-order chi connectivity index (χ0) is 17.1. The molecule has 1 aliphatic rings. The third-order valence-corrected chi connectivity index (χ3v) is 4.54. The summed E-state index contributed by atoms with van der Waals surface area (Å²) in [5.74, 6) is 2.18. The average molecular weight is 330 g/mol. The lowest BCUT2D eigenvalue weighted by Crippen LogP contribution is -2.41. The Morgan fingerprint density at radius 1 is 1.38 bits per heavy atom. The van der Waals surface area contributed by atoms with Gasteiger partial charge in [-0.15, -0.1) is 0 Å². The van der Waals surface area contributed by atoms with Gasteiger partial charge in [-0.05, 0) is 33.6 Å². The first-order valence-corrected chi connectivity index (χ1v) is 8.65. The van der Waals surface area contributed by atoms with Crippen LogP contribution in [-0.4, -0.2) is 37.8 Å². The van der Waals surface area contributed by atoms with Gasteiger partial charge in [0, 0.05) is 43.5 Å². The summed E-state index contributed by atoms with van der Waals surface area (Å²) in [6.07, 6.45) is 7.86. The van der Waals surface area contributed by atoms with Crippen LogP contribution in [0.15, 0.2) is 24.7 Å². The van der Waals surface area contributed by atoms with Crippen LogP contribution in [0.1, 0.15) is 51.4 Å². The Hall–Kier alpha value is -2.15. The number of carbonyl (C=O) groups excluding carboxylic acids is 1. The van der Waals surface area contributed by atoms with Gasteiger partial charge in [-0.2, -0.15) is 5.10 Å². The summed E-state index contributed by atoms with van der Waals surface area (Å²) in [6.45, 7) is 7.77. The van der Waals surface area contributed by atoms with Crippen LogP contribution in [-0.2, 0) is 11.3 Å². The molecule has 2 atom stereocenters. The number of amides is 1. The van der Waals surface area contributed by atoms with E-state index in [1.165, 1.54) is 0 Å². The number of hydrogen-bond acceptors (Lipinski definition) is 4. The molecule has 0 spiro atoms. The average Bonchev–Trinajstić information content (AvgIpc) is 3.21. The normalized spacial score (nSPS) is 18.4. The number of nitrogens with zero attached hydrogens (tertiary/aromatic N) is 4. The van der Waals surface area contributed by atoms with Crippen molar-refractivity contribution < 1.29 is 4.79 Å². The maximum absolute atomic E-state index is 12.4. The van der Waals surface area contributed by atoms with Gasteiger partial charge in [-0.25, -0.2) is 9.67 Å². The van der Waals surface area contributed by atoms with Crippen molar-refractivity contribution in [3.8, 4) is 0 Å². The number of carbonyl (C=O) groups is 1. The van der Waals surface area contributed by atoms with Gasteiger partial charge >= 0.3 is 0 Å². The standard InChI is InChI=1S/C17H26N6O/c1-12(2)23-15(6-7-20-23)21-17(24)13(3)19-11-14-5-4-9-22-10-8-18-16(14)22/h6-8,10,12-14,19H,4-5,9,11H2,1-3H3,(H,21,24). The quantitative estimate of drug-likeness (QED) is 0.851. The van der Waals surface area contributed by atoms with Crippen LogP contribution in [0.5, 0.6) is 0 Å². The molecule has 130 valence electrons. The van der Waals surface area contributed by atoms with Crippen molar-refractivity contribution in [2.24, 2.45) is 0 Å². The summed E-state index contributed by atoms with van der Waals surface area (Å²) in [7, 11) is 0. The van der Waals surface area contributed by atoms with E-state index in [1.54, 1.807) is 6.20 Å². The predicted molar refractivity (Wildman–Crippen MR) is 92.9 cm³/mol. The highest BCUT2D eigenvalue weighted by Gasteiger charge is 2.23. The van der Waals surface area contributed by atoms with E-state index in [0.29, 0.717) is 5.92 Å². The molecule has 2 aromatic rings. The topological polar surface area (TPSA) is 76.8 Å². The molecule has 0 saturated heterocycles. The Morgan fingerprint density at radius 2 is 2.21 bits per heavy atom. The highest BCUT2D eigenvalue weighted by atomic mass is 16.2. The Morgan fingerprint density at radius 3 is 3.00 bits per heavy atom. The highest BCUT2D eigenvalue weighted by Crippen LogP contribution is 2.25. The third-order valence-electron chi connectivity index (χ3n) is 4.54. The Bertz CT molecular complexity index is 689. The van der Waals surface area contributed by atoms with Gasteiger partial charge in [0.15, 0.2) is 0 Å². The SMILES string of the molecule is CC(NCC1CCCn2ccnc21)C(=O)Nc1ccnn1C(C)C. The molecule has 0 bridgehead atoms. The minimum absolute atomic E-state index is 0.0449. The lowest BCUT2D eigenvalue weighted by molar-refractivity contribution is -0.117. The van der Waals surface area contributed by atoms with Gasteiger partial charge in [0.2, 0.25) is 5.91 Å². The van der Waals surface area contributed by atoms with Crippen molar-refractivity contribution in [1.29, 1.82) is 0 Å². The van der Waals surface area contributed by atoms with Crippen LogP contribution >= 0.6 is 0 Å². The van der Waals surface area contributed by atoms with E-state index in [-0.39, 0.29) is 18.0 Å². The number of imidazole rings is 1. The molecule has 3 rings (SSSR count). The van der Waals surface area contributed by atoms with Gasteiger partial charge in [0.1, 0.15) is 11.6 Å². The molecule has 2 aromatic heterocycles. The largest absolute Gasteiger partial charge is 0.335 e. The molecular weight excluding hydrogens is 304 g/mol. The molecule has 2 unspecified atom stereocenters. The van der Waals surface area contributed by atoms with E-state index in [1.807, 2.05) is 43.9 Å². The summed E-state index contributed by atoms with van der Waals surface area (Å²) in [6, 6.07) is 1.76. The monoisotopic (exact) mass is 330 g/mol. The Balaban J connectivity index is 1.55. The molecule has 1 amide bonds. The van der Waals surface area contributed by atoms with Gasteiger partial charge in [-0.3, -0.25) is 4.79 Å². The molecule has 2 N–H and O–H groups in total. The van der Waals surface area contributed by atoms with Gasteiger partial charge < -0.3 is 15.2 Å². The zero-order valence-electron chi connectivity index (χ0n) is 14.6. The smallest absolute Gasteiger partial charge is 0.242 e. The van der Waals surface area contributed by atoms with Gasteiger partial charge in [0.25, 0.3) is 0 Å². The van der Waals surface area contributed by atoms with Crippen LogP contribution in [0, 0.1) is 0 Å². The molecule has 3 heterocycles. The van der Waals surface area contributed by atoms with E-state index >= 15 is 0 Å². The van der Waals surface area contributed by atoms with E-state index < -0.39 is 0 Å². The molecular formula is C17H26N6O. The number of anilines is 1. The number of fused-ring (bicyclic) bond motifs is 1. The number of hydrogen-bond donors (Lipinski definition) is 2. The van der Waals surface area contributed by atoms with Crippen LogP contribution in [0.3, 0.4) is 0 Å². The molecule has 0 saturated carbocycles. The molecule has 7 heteroatoms. The van der Waals surface area contributed by atoms with Crippen molar-refractivity contribution in [3.05, 3.63) is 30.5 Å². The molecule has 1 aliphatic heterocycles. The summed E-state index contributed by atoms with van der Waals surface area (Å²) in [4.78, 5) is 16.9. The van der Waals surface area contributed by atoms with E-state index in [9.17, 15) is 4.79 Å². The third kappa shape index (κ3) is 3.51. The lowest BCUT2D eigenvalue weighted by atomic mass is 9.98. The van der Waals surface area contributed by atoms with Crippen LogP contribution in [0.2, 0.25) is 0 Å². The second-order valence-corrected chi connectivity index (χ2v) is 6.69. The maximum Gasteiger partial charge on any atom is 0.242 e. The van der Waals surface area contributed by atoms with E-state index in [0.717, 1.165) is 37.6 Å². The summed E-state index contributed by atoms with van der Waals surface area (Å²) in [5, 5.41) is 10.5. The second-order valence-electron chi connectivity index (χ2n) is 6.69. The van der Waals surface area contributed by atoms with Crippen LogP contribution in [0.25, 0.3) is 0 Å². The maximum atomic E-state index is 12.4. The molecule has 0 radical (unpaired) electrons. The summed E-state index contributed by atoms with van der Waals surface area (Å²) >= 11 is 0. The molecule has 24 heavy (non-hydrogen) atoms. The molecule has 7 nitrogen and oxygen atoms in total. The highest BCUT2D eigenvalue weighted by molar-refractivity contribution is 5.93. The Kier molecular flexibility index (Phi) is 4.99.